The van der Waals surface area contributed by atoms with Crippen molar-refractivity contribution in [1.82, 2.24) is 0 Å². The summed E-state index contributed by atoms with van der Waals surface area (Å²) in [5.41, 5.74) is -1.61. The minimum absolute atomic E-state index is 1.61. The van der Waals surface area contributed by atoms with E-state index in [1.807, 2.05) is 0 Å². The van der Waals surface area contributed by atoms with E-state index in [1.165, 1.54) is 0 Å². The molecule has 0 aromatic heterocycles. The summed E-state index contributed by atoms with van der Waals surface area (Å²) in [6.45, 7) is 2.35. The number of carbonyl (C=O) groups is 1. The largest absolute Gasteiger partial charge is 0.545 e. The van der Waals surface area contributed by atoms with Crippen LogP contribution in [0.15, 0.2) is 12.2 Å². The lowest BCUT2D eigenvalue weighted by Crippen LogP contribution is -2.75. The molecule has 0 aliphatic heterocycles. The fourth-order valence-corrected chi connectivity index (χ4v) is 1.96. The topological polar surface area (TPSA) is 40.1 Å². The zero-order chi connectivity index (χ0) is 29.1. The van der Waals surface area contributed by atoms with E-state index in [2.05, 4.69) is 6.58 Å². The van der Waals surface area contributed by atoms with Crippen molar-refractivity contribution in [2.24, 2.45) is 0 Å². The minimum Gasteiger partial charge on any atom is -0.545 e. The summed E-state index contributed by atoms with van der Waals surface area (Å²) < 4.78 is 248. The van der Waals surface area contributed by atoms with Gasteiger partial charge in [-0.15, -0.1) is 0 Å². The van der Waals surface area contributed by atoms with E-state index in [4.69, 9.17) is 0 Å². The Labute approximate surface area is 179 Å². The van der Waals surface area contributed by atoms with E-state index in [9.17, 15) is 93.3 Å². The second kappa shape index (κ2) is 8.48. The van der Waals surface area contributed by atoms with Gasteiger partial charge < -0.3 is 9.90 Å². The molecule has 0 N–H and O–H groups in total. The van der Waals surface area contributed by atoms with E-state index in [-0.39, 0.29) is 0 Å². The van der Waals surface area contributed by atoms with Crippen LogP contribution in [0.3, 0.4) is 0 Å². The van der Waals surface area contributed by atoms with Gasteiger partial charge in [0.05, 0.1) is 5.97 Å². The maximum Gasteiger partial charge on any atom is 0.460 e. The van der Waals surface area contributed by atoms with Gasteiger partial charge in [-0.05, 0) is 12.0 Å². The molecule has 0 atom stereocenters. The van der Waals surface area contributed by atoms with Gasteiger partial charge in [0.15, 0.2) is 0 Å². The van der Waals surface area contributed by atoms with Crippen LogP contribution in [-0.2, 0) is 4.79 Å². The van der Waals surface area contributed by atoms with Gasteiger partial charge in [0.2, 0.25) is 0 Å². The summed E-state index contributed by atoms with van der Waals surface area (Å²) in [5, 5.41) is 10.2. The van der Waals surface area contributed by atoms with Crippen molar-refractivity contribution < 1.29 is 93.3 Å². The Kier molecular flexibility index (Phi) is 7.96. The molecule has 0 saturated heterocycles. The van der Waals surface area contributed by atoms with Gasteiger partial charge in [0, 0.05) is 6.42 Å². The highest BCUT2D eigenvalue weighted by molar-refractivity contribution is 5.83. The molecule has 0 fully saturated rings. The standard InChI is InChI=1S/C14H7F19O2/c1-4(5(34)35)2-3-6(15,16)7(17,18)8(19,20)9(21,22)10(23,24)11(25,26)12(27,28)13(29,30)14(31,32)33/h1-3H2,(H,34,35)/p-1. The maximum absolute atomic E-state index is 13.5. The van der Waals surface area contributed by atoms with Crippen molar-refractivity contribution in [3.8, 4) is 0 Å². The predicted octanol–water partition coefficient (Wildman–Crippen LogP) is 5.72. The van der Waals surface area contributed by atoms with Gasteiger partial charge in [-0.1, -0.05) is 6.58 Å². The van der Waals surface area contributed by atoms with Gasteiger partial charge in [0.1, 0.15) is 0 Å². The number of hydrogen-bond acceptors (Lipinski definition) is 2. The number of carbonyl (C=O) groups excluding carboxylic acids is 1. The molecule has 0 aromatic rings. The number of carboxylic acids is 1. The molecule has 35 heavy (non-hydrogen) atoms. The van der Waals surface area contributed by atoms with Crippen LogP contribution in [0.25, 0.3) is 0 Å². The summed E-state index contributed by atoms with van der Waals surface area (Å²) in [6.07, 6.45) is -13.0. The molecule has 0 amide bonds. The Bertz CT molecular complexity index is 822. The first-order valence-electron chi connectivity index (χ1n) is 7.81. The second-order valence-corrected chi connectivity index (χ2v) is 6.61. The lowest BCUT2D eigenvalue weighted by molar-refractivity contribution is -0.468. The van der Waals surface area contributed by atoms with Crippen LogP contribution in [0.2, 0.25) is 0 Å². The normalized spacial score (nSPS) is 15.9. The Morgan fingerprint density at radius 2 is 0.771 bits per heavy atom. The molecular weight excluding hydrogens is 561 g/mol. The predicted molar refractivity (Wildman–Crippen MR) is 69.0 cm³/mol. The van der Waals surface area contributed by atoms with Crippen LogP contribution >= 0.6 is 0 Å². The lowest BCUT2D eigenvalue weighted by atomic mass is 9.86. The Morgan fingerprint density at radius 1 is 0.514 bits per heavy atom. The Hall–Kier alpha value is -2.12. The average molecular weight is 567 g/mol. The molecule has 0 heterocycles. The molecule has 0 aliphatic carbocycles. The van der Waals surface area contributed by atoms with Crippen molar-refractivity contribution in [2.75, 3.05) is 0 Å². The highest BCUT2D eigenvalue weighted by Gasteiger charge is 2.96. The lowest BCUT2D eigenvalue weighted by Gasteiger charge is -2.43. The summed E-state index contributed by atoms with van der Waals surface area (Å²) in [5.74, 6) is -69.8. The van der Waals surface area contributed by atoms with Gasteiger partial charge in [0.25, 0.3) is 0 Å². The Balaban J connectivity index is 6.74. The fourth-order valence-electron chi connectivity index (χ4n) is 1.96. The highest BCUT2D eigenvalue weighted by atomic mass is 19.4. The zero-order valence-electron chi connectivity index (χ0n) is 15.6. The number of hydrogen-bond donors (Lipinski definition) is 0. The maximum atomic E-state index is 13.5. The molecule has 0 rings (SSSR count). The zero-order valence-corrected chi connectivity index (χ0v) is 15.6. The minimum atomic E-state index is -8.99. The van der Waals surface area contributed by atoms with E-state index in [0.29, 0.717) is 0 Å². The molecule has 0 unspecified atom stereocenters. The SMILES string of the molecule is C=C(CCC(F)(F)C(F)(F)C(F)(F)C(F)(F)C(F)(F)C(F)(F)C(F)(F)C(F)(F)C(F)(F)F)C(=O)[O-]. The van der Waals surface area contributed by atoms with Crippen molar-refractivity contribution in [2.45, 2.75) is 66.4 Å². The number of rotatable bonds is 11. The third kappa shape index (κ3) is 4.46. The number of alkyl halides is 19. The summed E-state index contributed by atoms with van der Waals surface area (Å²) in [7, 11) is 0. The van der Waals surface area contributed by atoms with Gasteiger partial charge in [-0.3, -0.25) is 0 Å². The highest BCUT2D eigenvalue weighted by Crippen LogP contribution is 2.65. The number of aliphatic carboxylic acids is 1. The second-order valence-electron chi connectivity index (χ2n) is 6.61. The van der Waals surface area contributed by atoms with Crippen LogP contribution in [0, 0.1) is 0 Å². The van der Waals surface area contributed by atoms with Crippen LogP contribution in [0.5, 0.6) is 0 Å². The fraction of sp³-hybridized carbons (Fsp3) is 0.786. The van der Waals surface area contributed by atoms with Crippen LogP contribution in [0.1, 0.15) is 12.8 Å². The smallest absolute Gasteiger partial charge is 0.460 e. The van der Waals surface area contributed by atoms with E-state index in [0.717, 1.165) is 0 Å². The van der Waals surface area contributed by atoms with E-state index >= 15 is 0 Å². The first-order chi connectivity index (χ1) is 14.8. The molecule has 0 spiro atoms. The van der Waals surface area contributed by atoms with Crippen LogP contribution in [0.4, 0.5) is 83.4 Å². The average Bonchev–Trinajstić information content (AvgIpc) is 2.63. The molecule has 0 bridgehead atoms. The van der Waals surface area contributed by atoms with Crippen LogP contribution in [-0.4, -0.2) is 59.5 Å². The summed E-state index contributed by atoms with van der Waals surface area (Å²) in [4.78, 5) is 10.2. The third-order valence-electron chi connectivity index (χ3n) is 4.21. The van der Waals surface area contributed by atoms with Crippen LogP contribution < -0.4 is 5.11 Å². The molecule has 208 valence electrons. The number of halogens is 19. The molecular formula is C14H6F19O2-. The molecule has 0 aromatic carbocycles. The quantitative estimate of drug-likeness (QED) is 0.237. The van der Waals surface area contributed by atoms with Crippen molar-refractivity contribution in [1.29, 1.82) is 0 Å². The molecule has 0 saturated carbocycles. The van der Waals surface area contributed by atoms with Gasteiger partial charge in [-0.2, -0.15) is 83.4 Å². The van der Waals surface area contributed by atoms with E-state index in [1.54, 1.807) is 0 Å². The van der Waals surface area contributed by atoms with Crippen molar-refractivity contribution in [3.05, 3.63) is 12.2 Å². The molecule has 21 heteroatoms. The number of carboxylic acid groups (broad SMARTS) is 1. The van der Waals surface area contributed by atoms with Crippen molar-refractivity contribution >= 4 is 5.97 Å². The van der Waals surface area contributed by atoms with Gasteiger partial charge >= 0.3 is 53.6 Å². The monoisotopic (exact) mass is 567 g/mol. The summed E-state index contributed by atoms with van der Waals surface area (Å²) in [6, 6.07) is 0. The molecule has 0 aliphatic rings. The first-order valence-corrected chi connectivity index (χ1v) is 7.81. The van der Waals surface area contributed by atoms with Crippen molar-refractivity contribution in [3.63, 3.8) is 0 Å². The first kappa shape index (κ1) is 32.9. The molecule has 0 radical (unpaired) electrons. The molecule has 2 nitrogen and oxygen atoms in total. The summed E-state index contributed by atoms with van der Waals surface area (Å²) >= 11 is 0. The van der Waals surface area contributed by atoms with Gasteiger partial charge in [-0.25, -0.2) is 0 Å². The third-order valence-corrected chi connectivity index (χ3v) is 4.21. The Morgan fingerprint density at radius 3 is 1.03 bits per heavy atom. The van der Waals surface area contributed by atoms with E-state index < -0.39 is 77.9 Å².